The van der Waals surface area contributed by atoms with Crippen molar-refractivity contribution < 1.29 is 19.5 Å². The lowest BCUT2D eigenvalue weighted by molar-refractivity contribution is -0.137. The molecule has 0 saturated carbocycles. The number of carboxylic acids is 1. The van der Waals surface area contributed by atoms with Crippen LogP contribution in [0.1, 0.15) is 43.6 Å². The summed E-state index contributed by atoms with van der Waals surface area (Å²) in [6.07, 6.45) is 3.13. The van der Waals surface area contributed by atoms with Crippen LogP contribution in [0.5, 0.6) is 0 Å². The second-order valence-corrected chi connectivity index (χ2v) is 7.03. The Labute approximate surface area is 152 Å². The van der Waals surface area contributed by atoms with Crippen LogP contribution in [-0.4, -0.2) is 53.5 Å². The summed E-state index contributed by atoms with van der Waals surface area (Å²) in [4.78, 5) is 35.9. The third-order valence-electron chi connectivity index (χ3n) is 5.19. The SMILES string of the molecule is O=C(O)CCN1CCC(c2ccc(NC3CCC(=O)NC3=O)cc2)CC1. The van der Waals surface area contributed by atoms with Gasteiger partial charge in [0.2, 0.25) is 11.8 Å². The van der Waals surface area contributed by atoms with E-state index in [1.807, 2.05) is 12.1 Å². The molecule has 0 radical (unpaired) electrons. The van der Waals surface area contributed by atoms with Gasteiger partial charge in [-0.3, -0.25) is 19.7 Å². The third kappa shape index (κ3) is 4.82. The number of carbonyl (C=O) groups excluding carboxylic acids is 2. The number of aliphatic carboxylic acids is 1. The number of hydrogen-bond acceptors (Lipinski definition) is 5. The van der Waals surface area contributed by atoms with Gasteiger partial charge in [0.25, 0.3) is 0 Å². The van der Waals surface area contributed by atoms with Crippen molar-refractivity contribution >= 4 is 23.5 Å². The molecule has 0 spiro atoms. The minimum absolute atomic E-state index is 0.200. The number of likely N-dealkylation sites (tertiary alicyclic amines) is 1. The Kier molecular flexibility index (Phi) is 5.88. The number of nitrogens with zero attached hydrogens (tertiary/aromatic N) is 1. The van der Waals surface area contributed by atoms with Gasteiger partial charge < -0.3 is 15.3 Å². The number of piperidine rings is 2. The van der Waals surface area contributed by atoms with E-state index in [4.69, 9.17) is 5.11 Å². The highest BCUT2D eigenvalue weighted by Crippen LogP contribution is 2.29. The molecule has 140 valence electrons. The van der Waals surface area contributed by atoms with Gasteiger partial charge in [0.1, 0.15) is 6.04 Å². The first-order valence-corrected chi connectivity index (χ1v) is 9.15. The van der Waals surface area contributed by atoms with Crippen molar-refractivity contribution in [1.29, 1.82) is 0 Å². The zero-order valence-electron chi connectivity index (χ0n) is 14.7. The molecule has 1 aromatic rings. The van der Waals surface area contributed by atoms with Crippen molar-refractivity contribution in [2.24, 2.45) is 0 Å². The Balaban J connectivity index is 1.50. The van der Waals surface area contributed by atoms with Crippen molar-refractivity contribution in [2.45, 2.75) is 44.1 Å². The molecule has 1 aromatic carbocycles. The number of amides is 2. The fourth-order valence-corrected chi connectivity index (χ4v) is 3.63. The van der Waals surface area contributed by atoms with E-state index < -0.39 is 5.97 Å². The lowest BCUT2D eigenvalue weighted by Gasteiger charge is -2.32. The molecule has 1 unspecified atom stereocenters. The highest BCUT2D eigenvalue weighted by molar-refractivity contribution is 6.01. The first-order chi connectivity index (χ1) is 12.5. The molecule has 2 aliphatic rings. The topological polar surface area (TPSA) is 98.7 Å². The van der Waals surface area contributed by atoms with Crippen molar-refractivity contribution in [3.63, 3.8) is 0 Å². The molecule has 7 heteroatoms. The van der Waals surface area contributed by atoms with E-state index in [2.05, 4.69) is 27.7 Å². The molecule has 2 fully saturated rings. The normalized spacial score (nSPS) is 22.1. The molecule has 1 atom stereocenters. The molecule has 0 bridgehead atoms. The fourth-order valence-electron chi connectivity index (χ4n) is 3.63. The van der Waals surface area contributed by atoms with E-state index in [1.165, 1.54) is 5.56 Å². The molecule has 2 saturated heterocycles. The Hall–Kier alpha value is -2.41. The number of benzene rings is 1. The second kappa shape index (κ2) is 8.31. The maximum absolute atomic E-state index is 11.8. The molecule has 3 N–H and O–H groups in total. The number of hydrogen-bond donors (Lipinski definition) is 3. The zero-order chi connectivity index (χ0) is 18.5. The number of carboxylic acid groups (broad SMARTS) is 1. The van der Waals surface area contributed by atoms with Crippen LogP contribution in [0.4, 0.5) is 5.69 Å². The number of anilines is 1. The second-order valence-electron chi connectivity index (χ2n) is 7.03. The van der Waals surface area contributed by atoms with E-state index in [9.17, 15) is 14.4 Å². The summed E-state index contributed by atoms with van der Waals surface area (Å²) in [5.74, 6) is -0.732. The highest BCUT2D eigenvalue weighted by atomic mass is 16.4. The largest absolute Gasteiger partial charge is 0.481 e. The zero-order valence-corrected chi connectivity index (χ0v) is 14.7. The molecule has 0 aliphatic carbocycles. The lowest BCUT2D eigenvalue weighted by atomic mass is 9.89. The fraction of sp³-hybridized carbons (Fsp3) is 0.526. The summed E-state index contributed by atoms with van der Waals surface area (Å²) in [6, 6.07) is 7.78. The van der Waals surface area contributed by atoms with E-state index >= 15 is 0 Å². The molecule has 2 heterocycles. The summed E-state index contributed by atoms with van der Waals surface area (Å²) >= 11 is 0. The van der Waals surface area contributed by atoms with Gasteiger partial charge in [-0.25, -0.2) is 0 Å². The predicted molar refractivity (Wildman–Crippen MR) is 96.9 cm³/mol. The summed E-state index contributed by atoms with van der Waals surface area (Å²) < 4.78 is 0. The van der Waals surface area contributed by atoms with Crippen molar-refractivity contribution in [3.8, 4) is 0 Å². The van der Waals surface area contributed by atoms with Crippen molar-refractivity contribution in [3.05, 3.63) is 29.8 Å². The van der Waals surface area contributed by atoms with E-state index in [-0.39, 0.29) is 24.3 Å². The minimum Gasteiger partial charge on any atom is -0.481 e. The molecule has 26 heavy (non-hydrogen) atoms. The van der Waals surface area contributed by atoms with E-state index in [0.717, 1.165) is 31.6 Å². The average molecular weight is 359 g/mol. The van der Waals surface area contributed by atoms with Crippen molar-refractivity contribution in [2.75, 3.05) is 25.0 Å². The van der Waals surface area contributed by atoms with Crippen LogP contribution in [0.15, 0.2) is 24.3 Å². The number of rotatable bonds is 6. The van der Waals surface area contributed by atoms with Crippen molar-refractivity contribution in [1.82, 2.24) is 10.2 Å². The molecule has 0 aromatic heterocycles. The maximum atomic E-state index is 11.8. The summed E-state index contributed by atoms with van der Waals surface area (Å²) in [5, 5.41) is 14.3. The van der Waals surface area contributed by atoms with E-state index in [0.29, 0.717) is 25.3 Å². The van der Waals surface area contributed by atoms with Gasteiger partial charge in [-0.05, 0) is 56.0 Å². The summed E-state index contributed by atoms with van der Waals surface area (Å²) in [6.45, 7) is 2.47. The van der Waals surface area contributed by atoms with Gasteiger partial charge in [-0.2, -0.15) is 0 Å². The van der Waals surface area contributed by atoms with Crippen LogP contribution >= 0.6 is 0 Å². The van der Waals surface area contributed by atoms with Crippen LogP contribution in [-0.2, 0) is 14.4 Å². The van der Waals surface area contributed by atoms with Gasteiger partial charge in [0.15, 0.2) is 0 Å². The Bertz CT molecular complexity index is 666. The molecular weight excluding hydrogens is 334 g/mol. The Morgan fingerprint density at radius 2 is 1.85 bits per heavy atom. The van der Waals surface area contributed by atoms with Crippen LogP contribution in [0.25, 0.3) is 0 Å². The van der Waals surface area contributed by atoms with Crippen LogP contribution in [0, 0.1) is 0 Å². The molecule has 3 rings (SSSR count). The van der Waals surface area contributed by atoms with Gasteiger partial charge in [0.05, 0.1) is 6.42 Å². The minimum atomic E-state index is -0.744. The average Bonchev–Trinajstić information content (AvgIpc) is 2.63. The number of imide groups is 1. The van der Waals surface area contributed by atoms with Crippen LogP contribution < -0.4 is 10.6 Å². The third-order valence-corrected chi connectivity index (χ3v) is 5.19. The molecule has 2 amide bonds. The summed E-state index contributed by atoms with van der Waals surface area (Å²) in [7, 11) is 0. The lowest BCUT2D eigenvalue weighted by Crippen LogP contribution is -2.47. The van der Waals surface area contributed by atoms with Gasteiger partial charge in [-0.15, -0.1) is 0 Å². The Morgan fingerprint density at radius 1 is 1.15 bits per heavy atom. The first-order valence-electron chi connectivity index (χ1n) is 9.15. The number of carbonyl (C=O) groups is 3. The summed E-state index contributed by atoms with van der Waals surface area (Å²) in [5.41, 5.74) is 2.15. The monoisotopic (exact) mass is 359 g/mol. The quantitative estimate of drug-likeness (QED) is 0.667. The first kappa shape index (κ1) is 18.4. The Morgan fingerprint density at radius 3 is 2.46 bits per heavy atom. The molecule has 2 aliphatic heterocycles. The maximum Gasteiger partial charge on any atom is 0.304 e. The van der Waals surface area contributed by atoms with Crippen LogP contribution in [0.3, 0.4) is 0 Å². The van der Waals surface area contributed by atoms with Gasteiger partial charge in [-0.1, -0.05) is 12.1 Å². The van der Waals surface area contributed by atoms with Gasteiger partial charge >= 0.3 is 5.97 Å². The number of nitrogens with one attached hydrogen (secondary N) is 2. The predicted octanol–water partition coefficient (Wildman–Crippen LogP) is 1.56. The smallest absolute Gasteiger partial charge is 0.304 e. The van der Waals surface area contributed by atoms with Crippen LogP contribution in [0.2, 0.25) is 0 Å². The van der Waals surface area contributed by atoms with Gasteiger partial charge in [0, 0.05) is 18.7 Å². The van der Waals surface area contributed by atoms with E-state index in [1.54, 1.807) is 0 Å². The standard InChI is InChI=1S/C19H25N3O4/c23-17-6-5-16(19(26)21-17)20-15-3-1-13(2-4-15)14-7-10-22(11-8-14)12-9-18(24)25/h1-4,14,16,20H,5-12H2,(H,24,25)(H,21,23,26). The molecule has 7 nitrogen and oxygen atoms in total. The molecular formula is C19H25N3O4. The highest BCUT2D eigenvalue weighted by Gasteiger charge is 2.26.